The van der Waals surface area contributed by atoms with Crippen LogP contribution in [-0.4, -0.2) is 55.0 Å². The van der Waals surface area contributed by atoms with Gasteiger partial charge in [0.05, 0.1) is 6.10 Å². The number of likely N-dealkylation sites (tertiary alicyclic amines) is 1. The molecule has 5 heteroatoms. The maximum Gasteiger partial charge on any atom is 0.410 e. The van der Waals surface area contributed by atoms with Crippen molar-refractivity contribution in [2.24, 2.45) is 0 Å². The predicted octanol–water partition coefficient (Wildman–Crippen LogP) is 2.40. The summed E-state index contributed by atoms with van der Waals surface area (Å²) in [4.78, 5) is 13.8. The SMILES string of the molecule is COC(C)C(C)NC1CCN(C(=O)OC(C)(C)C)CC1. The van der Waals surface area contributed by atoms with Crippen LogP contribution < -0.4 is 5.32 Å². The summed E-state index contributed by atoms with van der Waals surface area (Å²) in [5.41, 5.74) is -0.422. The van der Waals surface area contributed by atoms with E-state index in [2.05, 4.69) is 19.2 Å². The first-order chi connectivity index (χ1) is 9.23. The van der Waals surface area contributed by atoms with E-state index in [4.69, 9.17) is 9.47 Å². The van der Waals surface area contributed by atoms with Crippen molar-refractivity contribution in [2.45, 2.75) is 71.2 Å². The van der Waals surface area contributed by atoms with Gasteiger partial charge in [0, 0.05) is 32.3 Å². The van der Waals surface area contributed by atoms with Crippen LogP contribution in [0.25, 0.3) is 0 Å². The van der Waals surface area contributed by atoms with Crippen LogP contribution in [0.4, 0.5) is 4.79 Å². The Morgan fingerprint density at radius 2 is 1.80 bits per heavy atom. The third-order valence-corrected chi connectivity index (χ3v) is 3.72. The van der Waals surface area contributed by atoms with E-state index < -0.39 is 5.60 Å². The van der Waals surface area contributed by atoms with E-state index in [-0.39, 0.29) is 12.2 Å². The number of rotatable bonds is 4. The molecule has 0 spiro atoms. The predicted molar refractivity (Wildman–Crippen MR) is 79.9 cm³/mol. The molecule has 20 heavy (non-hydrogen) atoms. The topological polar surface area (TPSA) is 50.8 Å². The molecule has 1 N–H and O–H groups in total. The fraction of sp³-hybridized carbons (Fsp3) is 0.933. The summed E-state index contributed by atoms with van der Waals surface area (Å²) in [7, 11) is 1.73. The van der Waals surface area contributed by atoms with Crippen LogP contribution in [-0.2, 0) is 9.47 Å². The van der Waals surface area contributed by atoms with E-state index in [1.165, 1.54) is 0 Å². The number of nitrogens with zero attached hydrogens (tertiary/aromatic N) is 1. The quantitative estimate of drug-likeness (QED) is 0.862. The Bertz CT molecular complexity index is 307. The largest absolute Gasteiger partial charge is 0.444 e. The van der Waals surface area contributed by atoms with Crippen LogP contribution in [0.3, 0.4) is 0 Å². The van der Waals surface area contributed by atoms with Crippen molar-refractivity contribution < 1.29 is 14.3 Å². The standard InChI is InChI=1S/C15H30N2O3/c1-11(12(2)19-6)16-13-7-9-17(10-8-13)14(18)20-15(3,4)5/h11-13,16H,7-10H2,1-6H3. The summed E-state index contributed by atoms with van der Waals surface area (Å²) in [5, 5.41) is 3.57. The second kappa shape index (κ2) is 7.27. The summed E-state index contributed by atoms with van der Waals surface area (Å²) < 4.78 is 10.7. The molecule has 0 aromatic carbocycles. The van der Waals surface area contributed by atoms with Crippen LogP contribution in [0.15, 0.2) is 0 Å². The monoisotopic (exact) mass is 286 g/mol. The zero-order chi connectivity index (χ0) is 15.3. The Morgan fingerprint density at radius 3 is 2.25 bits per heavy atom. The molecule has 1 aliphatic rings. The van der Waals surface area contributed by atoms with Gasteiger partial charge in [0.15, 0.2) is 0 Å². The molecular weight excluding hydrogens is 256 g/mol. The summed E-state index contributed by atoms with van der Waals surface area (Å²) in [6, 6.07) is 0.763. The lowest BCUT2D eigenvalue weighted by Gasteiger charge is -2.35. The average Bonchev–Trinajstić information content (AvgIpc) is 2.36. The second-order valence-electron chi connectivity index (χ2n) is 6.64. The van der Waals surface area contributed by atoms with Crippen LogP contribution >= 0.6 is 0 Å². The minimum atomic E-state index is -0.422. The highest BCUT2D eigenvalue weighted by molar-refractivity contribution is 5.68. The number of hydrogen-bond acceptors (Lipinski definition) is 4. The molecule has 1 amide bonds. The highest BCUT2D eigenvalue weighted by Gasteiger charge is 2.27. The fourth-order valence-corrected chi connectivity index (χ4v) is 2.27. The molecule has 1 fully saturated rings. The summed E-state index contributed by atoms with van der Waals surface area (Å²) in [6.07, 6.45) is 1.91. The minimum Gasteiger partial charge on any atom is -0.444 e. The van der Waals surface area contributed by atoms with E-state index >= 15 is 0 Å². The van der Waals surface area contributed by atoms with Crippen LogP contribution in [0.2, 0.25) is 0 Å². The van der Waals surface area contributed by atoms with Gasteiger partial charge in [-0.2, -0.15) is 0 Å². The lowest BCUT2D eigenvalue weighted by Crippen LogP contribution is -2.50. The van der Waals surface area contributed by atoms with E-state index in [1.807, 2.05) is 20.8 Å². The first kappa shape index (κ1) is 17.2. The van der Waals surface area contributed by atoms with Gasteiger partial charge in [-0.3, -0.25) is 0 Å². The third-order valence-electron chi connectivity index (χ3n) is 3.72. The second-order valence-corrected chi connectivity index (χ2v) is 6.64. The number of carbonyl (C=O) groups is 1. The van der Waals surface area contributed by atoms with Gasteiger partial charge in [-0.05, 0) is 47.5 Å². The summed E-state index contributed by atoms with van der Waals surface area (Å²) >= 11 is 0. The van der Waals surface area contributed by atoms with Crippen LogP contribution in [0.5, 0.6) is 0 Å². The molecule has 0 aliphatic carbocycles. The molecule has 0 aromatic heterocycles. The maximum atomic E-state index is 12.0. The smallest absolute Gasteiger partial charge is 0.410 e. The highest BCUT2D eigenvalue weighted by Crippen LogP contribution is 2.16. The molecule has 1 aliphatic heterocycles. The number of piperidine rings is 1. The lowest BCUT2D eigenvalue weighted by molar-refractivity contribution is 0.0184. The highest BCUT2D eigenvalue weighted by atomic mass is 16.6. The lowest BCUT2D eigenvalue weighted by atomic mass is 10.0. The summed E-state index contributed by atoms with van der Waals surface area (Å²) in [5.74, 6) is 0. The Kier molecular flexibility index (Phi) is 6.27. The van der Waals surface area contributed by atoms with Crippen molar-refractivity contribution >= 4 is 6.09 Å². The van der Waals surface area contributed by atoms with Crippen molar-refractivity contribution in [3.05, 3.63) is 0 Å². The zero-order valence-corrected chi connectivity index (χ0v) is 13.7. The molecular formula is C15H30N2O3. The number of methoxy groups -OCH3 is 1. The molecule has 1 rings (SSSR count). The van der Waals surface area contributed by atoms with Crippen molar-refractivity contribution in [1.29, 1.82) is 0 Å². The third kappa shape index (κ3) is 5.67. The van der Waals surface area contributed by atoms with Gasteiger partial charge in [0.25, 0.3) is 0 Å². The molecule has 5 nitrogen and oxygen atoms in total. The van der Waals surface area contributed by atoms with Gasteiger partial charge in [-0.1, -0.05) is 0 Å². The van der Waals surface area contributed by atoms with Gasteiger partial charge in [-0.25, -0.2) is 4.79 Å². The Labute approximate surface area is 123 Å². The van der Waals surface area contributed by atoms with Gasteiger partial charge in [0.1, 0.15) is 5.60 Å². The Morgan fingerprint density at radius 1 is 1.25 bits per heavy atom. The van der Waals surface area contributed by atoms with Gasteiger partial charge in [0.2, 0.25) is 0 Å². The van der Waals surface area contributed by atoms with E-state index in [0.29, 0.717) is 12.1 Å². The average molecular weight is 286 g/mol. The Hall–Kier alpha value is -0.810. The van der Waals surface area contributed by atoms with Crippen molar-refractivity contribution in [3.63, 3.8) is 0 Å². The number of nitrogens with one attached hydrogen (secondary N) is 1. The molecule has 1 heterocycles. The van der Waals surface area contributed by atoms with E-state index in [9.17, 15) is 4.79 Å². The Balaban J connectivity index is 2.35. The molecule has 0 saturated carbocycles. The maximum absolute atomic E-state index is 12.0. The van der Waals surface area contributed by atoms with Gasteiger partial charge in [-0.15, -0.1) is 0 Å². The number of ether oxygens (including phenoxy) is 2. The number of amides is 1. The molecule has 1 saturated heterocycles. The van der Waals surface area contributed by atoms with Crippen molar-refractivity contribution in [3.8, 4) is 0 Å². The van der Waals surface area contributed by atoms with Gasteiger partial charge < -0.3 is 19.7 Å². The van der Waals surface area contributed by atoms with Gasteiger partial charge >= 0.3 is 6.09 Å². The first-order valence-electron chi connectivity index (χ1n) is 7.49. The normalized spacial score (nSPS) is 20.6. The first-order valence-corrected chi connectivity index (χ1v) is 7.49. The molecule has 2 unspecified atom stereocenters. The number of hydrogen-bond donors (Lipinski definition) is 1. The molecule has 0 bridgehead atoms. The van der Waals surface area contributed by atoms with E-state index in [1.54, 1.807) is 12.0 Å². The zero-order valence-electron chi connectivity index (χ0n) is 13.7. The summed E-state index contributed by atoms with van der Waals surface area (Å²) in [6.45, 7) is 11.4. The number of carbonyl (C=O) groups excluding carboxylic acids is 1. The fourth-order valence-electron chi connectivity index (χ4n) is 2.27. The molecule has 118 valence electrons. The van der Waals surface area contributed by atoms with Crippen molar-refractivity contribution in [1.82, 2.24) is 10.2 Å². The molecule has 0 aromatic rings. The minimum absolute atomic E-state index is 0.193. The van der Waals surface area contributed by atoms with E-state index in [0.717, 1.165) is 25.9 Å². The van der Waals surface area contributed by atoms with Crippen LogP contribution in [0.1, 0.15) is 47.5 Å². The molecule has 0 radical (unpaired) electrons. The van der Waals surface area contributed by atoms with Crippen LogP contribution in [0, 0.1) is 0 Å². The molecule has 2 atom stereocenters. The van der Waals surface area contributed by atoms with Crippen molar-refractivity contribution in [2.75, 3.05) is 20.2 Å².